The predicted molar refractivity (Wildman–Crippen MR) is 75.3 cm³/mol. The lowest BCUT2D eigenvalue weighted by molar-refractivity contribution is 0.0865. The van der Waals surface area contributed by atoms with Crippen LogP contribution in [-0.2, 0) is 0 Å². The molecule has 0 aliphatic rings. The molecule has 0 radical (unpaired) electrons. The monoisotopic (exact) mass is 279 g/mol. The van der Waals surface area contributed by atoms with Crippen LogP contribution in [0.15, 0.2) is 17.6 Å². The molecule has 0 atom stereocenters. The Labute approximate surface area is 115 Å². The molecule has 2 heterocycles. The van der Waals surface area contributed by atoms with E-state index in [4.69, 9.17) is 5.11 Å². The van der Waals surface area contributed by atoms with E-state index in [1.165, 1.54) is 0 Å². The summed E-state index contributed by atoms with van der Waals surface area (Å²) < 4.78 is 0. The van der Waals surface area contributed by atoms with Crippen molar-refractivity contribution in [2.24, 2.45) is 0 Å². The molecule has 3 N–H and O–H groups in total. The van der Waals surface area contributed by atoms with E-state index >= 15 is 0 Å². The highest BCUT2D eigenvalue weighted by molar-refractivity contribution is 7.09. The highest BCUT2D eigenvalue weighted by Gasteiger charge is 2.21. The molecule has 102 valence electrons. The van der Waals surface area contributed by atoms with Gasteiger partial charge in [-0.25, -0.2) is 4.98 Å². The van der Waals surface area contributed by atoms with E-state index in [-0.39, 0.29) is 12.5 Å². The number of nitrogens with zero attached hydrogens (tertiary/aromatic N) is 1. The third-order valence-corrected chi connectivity index (χ3v) is 3.46. The summed E-state index contributed by atoms with van der Waals surface area (Å²) in [4.78, 5) is 19.3. The molecule has 2 aromatic rings. The Balaban J connectivity index is 2.15. The number of aryl methyl sites for hydroxylation is 1. The lowest BCUT2D eigenvalue weighted by Crippen LogP contribution is -2.46. The van der Waals surface area contributed by atoms with E-state index in [0.717, 1.165) is 16.3 Å². The summed E-state index contributed by atoms with van der Waals surface area (Å²) in [5, 5.41) is 14.8. The first kappa shape index (κ1) is 13.8. The maximum Gasteiger partial charge on any atom is 0.268 e. The van der Waals surface area contributed by atoms with Crippen LogP contribution in [0.4, 0.5) is 0 Å². The van der Waals surface area contributed by atoms with Gasteiger partial charge in [0.15, 0.2) is 0 Å². The second-order valence-corrected chi connectivity index (χ2v) is 6.11. The number of nitrogens with one attached hydrogen (secondary N) is 2. The van der Waals surface area contributed by atoms with Crippen molar-refractivity contribution in [2.45, 2.75) is 26.3 Å². The minimum atomic E-state index is -0.639. The largest absolute Gasteiger partial charge is 0.394 e. The summed E-state index contributed by atoms with van der Waals surface area (Å²) in [6.07, 6.45) is 1.76. The lowest BCUT2D eigenvalue weighted by Gasteiger charge is -2.22. The average Bonchev–Trinajstić information content (AvgIpc) is 2.96. The number of carbonyl (C=O) groups is 1. The summed E-state index contributed by atoms with van der Waals surface area (Å²) in [7, 11) is 0. The lowest BCUT2D eigenvalue weighted by atomic mass is 10.1. The highest BCUT2D eigenvalue weighted by Crippen LogP contribution is 2.22. The molecule has 0 aliphatic heterocycles. The molecule has 1 amide bonds. The van der Waals surface area contributed by atoms with Gasteiger partial charge >= 0.3 is 0 Å². The standard InChI is InChI=1S/C13H17N3O2S/c1-8-15-11(6-19-8)9-4-10(14-5-9)12(18)16-13(2,3)7-17/h4-6,14,17H,7H2,1-3H3,(H,16,18). The van der Waals surface area contributed by atoms with Crippen LogP contribution < -0.4 is 5.32 Å². The van der Waals surface area contributed by atoms with Gasteiger partial charge in [0.25, 0.3) is 5.91 Å². The Bertz CT molecular complexity index is 586. The second-order valence-electron chi connectivity index (χ2n) is 5.05. The summed E-state index contributed by atoms with van der Waals surface area (Å²) in [5.74, 6) is -0.239. The van der Waals surface area contributed by atoms with Gasteiger partial charge < -0.3 is 15.4 Å². The number of aliphatic hydroxyl groups is 1. The van der Waals surface area contributed by atoms with Gasteiger partial charge in [-0.1, -0.05) is 0 Å². The normalized spacial score (nSPS) is 11.6. The Morgan fingerprint density at radius 2 is 2.32 bits per heavy atom. The zero-order valence-corrected chi connectivity index (χ0v) is 12.0. The van der Waals surface area contributed by atoms with Gasteiger partial charge in [-0.15, -0.1) is 11.3 Å². The van der Waals surface area contributed by atoms with Gasteiger partial charge in [0.1, 0.15) is 5.69 Å². The fourth-order valence-corrected chi connectivity index (χ4v) is 2.21. The van der Waals surface area contributed by atoms with Crippen molar-refractivity contribution in [3.05, 3.63) is 28.3 Å². The Hall–Kier alpha value is -1.66. The van der Waals surface area contributed by atoms with Crippen molar-refractivity contribution in [2.75, 3.05) is 6.61 Å². The van der Waals surface area contributed by atoms with Gasteiger partial charge in [-0.3, -0.25) is 4.79 Å². The topological polar surface area (TPSA) is 78.0 Å². The van der Waals surface area contributed by atoms with Gasteiger partial charge in [0, 0.05) is 17.1 Å². The molecule has 19 heavy (non-hydrogen) atoms. The number of rotatable bonds is 4. The number of hydrogen-bond acceptors (Lipinski definition) is 4. The van der Waals surface area contributed by atoms with E-state index in [1.54, 1.807) is 37.4 Å². The molecule has 0 bridgehead atoms. The number of aromatic amines is 1. The summed E-state index contributed by atoms with van der Waals surface area (Å²) >= 11 is 1.57. The molecule has 0 saturated heterocycles. The van der Waals surface area contributed by atoms with E-state index in [0.29, 0.717) is 5.69 Å². The Morgan fingerprint density at radius 3 is 2.89 bits per heavy atom. The van der Waals surface area contributed by atoms with Crippen LogP contribution in [0.5, 0.6) is 0 Å². The van der Waals surface area contributed by atoms with Gasteiger partial charge in [-0.2, -0.15) is 0 Å². The zero-order valence-electron chi connectivity index (χ0n) is 11.2. The average molecular weight is 279 g/mol. The van der Waals surface area contributed by atoms with Gasteiger partial charge in [0.05, 0.1) is 22.8 Å². The van der Waals surface area contributed by atoms with Crippen molar-refractivity contribution >= 4 is 17.2 Å². The first-order valence-corrected chi connectivity index (χ1v) is 6.83. The number of aromatic nitrogens is 2. The van der Waals surface area contributed by atoms with Crippen LogP contribution in [0, 0.1) is 6.92 Å². The van der Waals surface area contributed by atoms with Crippen molar-refractivity contribution in [1.29, 1.82) is 0 Å². The van der Waals surface area contributed by atoms with E-state index in [1.807, 2.05) is 12.3 Å². The third kappa shape index (κ3) is 3.21. The first-order chi connectivity index (χ1) is 8.91. The third-order valence-electron chi connectivity index (χ3n) is 2.69. The molecule has 6 heteroatoms. The molecule has 2 aromatic heterocycles. The quantitative estimate of drug-likeness (QED) is 0.800. The fourth-order valence-electron chi connectivity index (χ4n) is 1.58. The first-order valence-electron chi connectivity index (χ1n) is 5.95. The van der Waals surface area contributed by atoms with Crippen molar-refractivity contribution in [3.63, 3.8) is 0 Å². The number of amides is 1. The highest BCUT2D eigenvalue weighted by atomic mass is 32.1. The van der Waals surface area contributed by atoms with Crippen molar-refractivity contribution in [3.8, 4) is 11.3 Å². The Kier molecular flexibility index (Phi) is 3.73. The number of hydrogen-bond donors (Lipinski definition) is 3. The molecule has 0 aromatic carbocycles. The van der Waals surface area contributed by atoms with E-state index in [9.17, 15) is 4.79 Å². The predicted octanol–water partition coefficient (Wildman–Crippen LogP) is 1.95. The molecule has 5 nitrogen and oxygen atoms in total. The summed E-state index contributed by atoms with van der Waals surface area (Å²) in [6, 6.07) is 1.76. The van der Waals surface area contributed by atoms with Crippen molar-refractivity contribution < 1.29 is 9.90 Å². The molecule has 0 unspecified atom stereocenters. The molecule has 0 saturated carbocycles. The minimum absolute atomic E-state index is 0.114. The van der Waals surface area contributed by atoms with E-state index < -0.39 is 5.54 Å². The molecular formula is C13H17N3O2S. The molecule has 0 fully saturated rings. The fraction of sp³-hybridized carbons (Fsp3) is 0.385. The second kappa shape index (κ2) is 5.14. The Morgan fingerprint density at radius 1 is 1.58 bits per heavy atom. The molecule has 2 rings (SSSR count). The summed E-state index contributed by atoms with van der Waals surface area (Å²) in [5.41, 5.74) is 1.57. The zero-order chi connectivity index (χ0) is 14.0. The van der Waals surface area contributed by atoms with Crippen LogP contribution >= 0.6 is 11.3 Å². The minimum Gasteiger partial charge on any atom is -0.394 e. The molecular weight excluding hydrogens is 262 g/mol. The molecule has 0 spiro atoms. The number of carbonyl (C=O) groups excluding carboxylic acids is 1. The van der Waals surface area contributed by atoms with Crippen LogP contribution in [0.3, 0.4) is 0 Å². The maximum atomic E-state index is 12.0. The van der Waals surface area contributed by atoms with Crippen LogP contribution in [0.1, 0.15) is 29.3 Å². The maximum absolute atomic E-state index is 12.0. The van der Waals surface area contributed by atoms with Crippen LogP contribution in [0.25, 0.3) is 11.3 Å². The number of H-pyrrole nitrogens is 1. The number of thiazole rings is 1. The van der Waals surface area contributed by atoms with Crippen molar-refractivity contribution in [1.82, 2.24) is 15.3 Å². The smallest absolute Gasteiger partial charge is 0.268 e. The molecule has 0 aliphatic carbocycles. The van der Waals surface area contributed by atoms with Gasteiger partial charge in [-0.05, 0) is 26.8 Å². The van der Waals surface area contributed by atoms with Gasteiger partial charge in [0.2, 0.25) is 0 Å². The van der Waals surface area contributed by atoms with Crippen LogP contribution in [0.2, 0.25) is 0 Å². The SMILES string of the molecule is Cc1nc(-c2c[nH]c(C(=O)NC(C)(C)CO)c2)cs1. The van der Waals surface area contributed by atoms with Crippen LogP contribution in [-0.4, -0.2) is 33.1 Å². The number of aliphatic hydroxyl groups excluding tert-OH is 1. The summed E-state index contributed by atoms with van der Waals surface area (Å²) in [6.45, 7) is 5.35. The van der Waals surface area contributed by atoms with E-state index in [2.05, 4.69) is 15.3 Å².